The Bertz CT molecular complexity index is 779. The Morgan fingerprint density at radius 1 is 0.964 bits per heavy atom. The number of alkyl halides is 3. The third-order valence-electron chi connectivity index (χ3n) is 6.07. The first-order chi connectivity index (χ1) is 13.5. The average Bonchev–Trinajstić information content (AvgIpc) is 3.48. The minimum atomic E-state index is -4.31. The third kappa shape index (κ3) is 4.76. The molecule has 1 saturated carbocycles. The lowest BCUT2D eigenvalue weighted by atomic mass is 9.95. The van der Waals surface area contributed by atoms with Gasteiger partial charge in [-0.1, -0.05) is 36.4 Å². The first kappa shape index (κ1) is 19.5. The van der Waals surface area contributed by atoms with Crippen LogP contribution >= 0.6 is 0 Å². The van der Waals surface area contributed by atoms with Crippen LogP contribution in [0.1, 0.15) is 42.7 Å². The summed E-state index contributed by atoms with van der Waals surface area (Å²) in [5, 5.41) is 7.08. The van der Waals surface area contributed by atoms with Crippen molar-refractivity contribution >= 4 is 0 Å². The number of halogens is 3. The summed E-state index contributed by atoms with van der Waals surface area (Å²) in [5.74, 6) is 1.38. The van der Waals surface area contributed by atoms with E-state index in [0.29, 0.717) is 17.5 Å². The maximum absolute atomic E-state index is 12.9. The molecule has 28 heavy (non-hydrogen) atoms. The molecule has 0 bridgehead atoms. The van der Waals surface area contributed by atoms with Crippen LogP contribution in [-0.2, 0) is 6.18 Å². The Balaban J connectivity index is 1.31. The zero-order chi connectivity index (χ0) is 19.6. The minimum absolute atomic E-state index is 0.531. The fourth-order valence-corrected chi connectivity index (χ4v) is 4.23. The first-order valence-corrected chi connectivity index (χ1v) is 10.2. The molecular formula is C23H27F3N2. The van der Waals surface area contributed by atoms with Crippen LogP contribution in [0.3, 0.4) is 0 Å². The van der Waals surface area contributed by atoms with Gasteiger partial charge in [0.2, 0.25) is 0 Å². The molecule has 2 fully saturated rings. The molecule has 2 aliphatic rings. The molecule has 0 amide bonds. The van der Waals surface area contributed by atoms with E-state index in [9.17, 15) is 13.2 Å². The highest BCUT2D eigenvalue weighted by Crippen LogP contribution is 2.41. The Morgan fingerprint density at radius 2 is 1.71 bits per heavy atom. The second-order valence-corrected chi connectivity index (χ2v) is 8.09. The zero-order valence-corrected chi connectivity index (χ0v) is 15.9. The lowest BCUT2D eigenvalue weighted by Gasteiger charge is -2.22. The topological polar surface area (TPSA) is 24.1 Å². The van der Waals surface area contributed by atoms with E-state index in [1.165, 1.54) is 37.0 Å². The van der Waals surface area contributed by atoms with Gasteiger partial charge in [0, 0.05) is 12.0 Å². The van der Waals surface area contributed by atoms with Crippen molar-refractivity contribution in [3.63, 3.8) is 0 Å². The molecule has 2 atom stereocenters. The van der Waals surface area contributed by atoms with E-state index >= 15 is 0 Å². The predicted octanol–water partition coefficient (Wildman–Crippen LogP) is 5.21. The smallest absolute Gasteiger partial charge is 0.317 e. The van der Waals surface area contributed by atoms with Crippen LogP contribution in [0.5, 0.6) is 0 Å². The molecule has 2 nitrogen and oxygen atoms in total. The SMILES string of the molecule is FC(F)(F)c1cccc(-c2ccc(C3CC3NCCC3CCNCC3)cc2)c1. The summed E-state index contributed by atoms with van der Waals surface area (Å²) in [5.41, 5.74) is 2.10. The molecule has 1 heterocycles. The van der Waals surface area contributed by atoms with Gasteiger partial charge in [0.05, 0.1) is 5.56 Å². The number of nitrogens with one attached hydrogen (secondary N) is 2. The van der Waals surface area contributed by atoms with Crippen molar-refractivity contribution < 1.29 is 13.2 Å². The predicted molar refractivity (Wildman–Crippen MR) is 106 cm³/mol. The van der Waals surface area contributed by atoms with Crippen molar-refractivity contribution in [2.45, 2.75) is 43.8 Å². The molecule has 2 aromatic carbocycles. The van der Waals surface area contributed by atoms with Gasteiger partial charge in [0.15, 0.2) is 0 Å². The maximum atomic E-state index is 12.9. The molecule has 5 heteroatoms. The van der Waals surface area contributed by atoms with Crippen LogP contribution < -0.4 is 10.6 Å². The summed E-state index contributed by atoms with van der Waals surface area (Å²) in [4.78, 5) is 0. The number of benzene rings is 2. The highest BCUT2D eigenvalue weighted by Gasteiger charge is 2.37. The van der Waals surface area contributed by atoms with Gasteiger partial charge >= 0.3 is 6.18 Å². The van der Waals surface area contributed by atoms with Gasteiger partial charge < -0.3 is 10.6 Å². The van der Waals surface area contributed by atoms with Gasteiger partial charge in [-0.05, 0) is 80.1 Å². The number of piperidine rings is 1. The van der Waals surface area contributed by atoms with Gasteiger partial charge in [-0.3, -0.25) is 0 Å². The van der Waals surface area contributed by atoms with E-state index in [1.54, 1.807) is 6.07 Å². The van der Waals surface area contributed by atoms with Crippen LogP contribution in [0.4, 0.5) is 13.2 Å². The Hall–Kier alpha value is -1.85. The highest BCUT2D eigenvalue weighted by molar-refractivity contribution is 5.65. The van der Waals surface area contributed by atoms with Gasteiger partial charge in [-0.2, -0.15) is 13.2 Å². The third-order valence-corrected chi connectivity index (χ3v) is 6.07. The molecule has 2 unspecified atom stereocenters. The number of rotatable bonds is 6. The normalized spacial score (nSPS) is 23.0. The fraction of sp³-hybridized carbons (Fsp3) is 0.478. The van der Waals surface area contributed by atoms with E-state index in [-0.39, 0.29) is 0 Å². The lowest BCUT2D eigenvalue weighted by molar-refractivity contribution is -0.137. The van der Waals surface area contributed by atoms with E-state index in [1.807, 2.05) is 12.1 Å². The summed E-state index contributed by atoms with van der Waals surface area (Å²) in [7, 11) is 0. The lowest BCUT2D eigenvalue weighted by Crippen LogP contribution is -2.30. The molecule has 2 aromatic rings. The van der Waals surface area contributed by atoms with Crippen molar-refractivity contribution in [2.24, 2.45) is 5.92 Å². The second-order valence-electron chi connectivity index (χ2n) is 8.09. The molecule has 0 radical (unpaired) electrons. The van der Waals surface area contributed by atoms with Crippen molar-refractivity contribution in [2.75, 3.05) is 19.6 Å². The molecule has 4 rings (SSSR count). The van der Waals surface area contributed by atoms with Crippen LogP contribution in [-0.4, -0.2) is 25.7 Å². The summed E-state index contributed by atoms with van der Waals surface area (Å²) < 4.78 is 38.7. The number of hydrogen-bond acceptors (Lipinski definition) is 2. The summed E-state index contributed by atoms with van der Waals surface area (Å²) >= 11 is 0. The molecule has 150 valence electrons. The zero-order valence-electron chi connectivity index (χ0n) is 15.9. The van der Waals surface area contributed by atoms with Gasteiger partial charge in [0.1, 0.15) is 0 Å². The average molecular weight is 388 g/mol. The molecule has 1 aliphatic heterocycles. The first-order valence-electron chi connectivity index (χ1n) is 10.2. The van der Waals surface area contributed by atoms with Crippen LogP contribution in [0.25, 0.3) is 11.1 Å². The van der Waals surface area contributed by atoms with E-state index in [4.69, 9.17) is 0 Å². The molecule has 1 aliphatic carbocycles. The van der Waals surface area contributed by atoms with Crippen LogP contribution in [0.15, 0.2) is 48.5 Å². The van der Waals surface area contributed by atoms with Gasteiger partial charge in [-0.15, -0.1) is 0 Å². The van der Waals surface area contributed by atoms with E-state index < -0.39 is 11.7 Å². The Morgan fingerprint density at radius 3 is 2.43 bits per heavy atom. The Labute approximate surface area is 164 Å². The molecule has 0 aromatic heterocycles. The van der Waals surface area contributed by atoms with E-state index in [2.05, 4.69) is 22.8 Å². The molecule has 2 N–H and O–H groups in total. The van der Waals surface area contributed by atoms with Crippen molar-refractivity contribution in [1.29, 1.82) is 0 Å². The summed E-state index contributed by atoms with van der Waals surface area (Å²) in [6, 6.07) is 14.1. The van der Waals surface area contributed by atoms with Gasteiger partial charge in [0.25, 0.3) is 0 Å². The molecule has 0 spiro atoms. The van der Waals surface area contributed by atoms with Crippen molar-refractivity contribution in [3.8, 4) is 11.1 Å². The van der Waals surface area contributed by atoms with E-state index in [0.717, 1.165) is 43.6 Å². The highest BCUT2D eigenvalue weighted by atomic mass is 19.4. The maximum Gasteiger partial charge on any atom is 0.416 e. The molecule has 1 saturated heterocycles. The fourth-order valence-electron chi connectivity index (χ4n) is 4.23. The largest absolute Gasteiger partial charge is 0.416 e. The van der Waals surface area contributed by atoms with Crippen molar-refractivity contribution in [3.05, 3.63) is 59.7 Å². The van der Waals surface area contributed by atoms with Crippen LogP contribution in [0.2, 0.25) is 0 Å². The number of hydrogen-bond donors (Lipinski definition) is 2. The standard InChI is InChI=1S/C23H27F3N2/c24-23(25,26)20-3-1-2-19(14-20)17-4-6-18(7-5-17)21-15-22(21)28-13-10-16-8-11-27-12-9-16/h1-7,14,16,21-22,27-28H,8-13,15H2. The molecular weight excluding hydrogens is 361 g/mol. The summed E-state index contributed by atoms with van der Waals surface area (Å²) in [6.07, 6.45) is 0.658. The quantitative estimate of drug-likeness (QED) is 0.710. The summed E-state index contributed by atoms with van der Waals surface area (Å²) in [6.45, 7) is 3.37. The monoisotopic (exact) mass is 388 g/mol. The van der Waals surface area contributed by atoms with Gasteiger partial charge in [-0.25, -0.2) is 0 Å². The minimum Gasteiger partial charge on any atom is -0.317 e. The van der Waals surface area contributed by atoms with Crippen molar-refractivity contribution in [1.82, 2.24) is 10.6 Å². The second kappa shape index (κ2) is 8.26. The Kier molecular flexibility index (Phi) is 5.74. The van der Waals surface area contributed by atoms with Crippen LogP contribution in [0, 0.1) is 5.92 Å².